The summed E-state index contributed by atoms with van der Waals surface area (Å²) in [4.78, 5) is 2.23. The summed E-state index contributed by atoms with van der Waals surface area (Å²) in [5.74, 6) is 0. The third-order valence-corrected chi connectivity index (χ3v) is 5.42. The molecule has 0 bridgehead atoms. The topological polar surface area (TPSA) is 15.3 Å². The van der Waals surface area contributed by atoms with E-state index in [9.17, 15) is 13.2 Å². The van der Waals surface area contributed by atoms with Crippen molar-refractivity contribution >= 4 is 27.3 Å². The SMILES string of the molecule is FC(F)(F)c1ccc(Br)c([C@@H](c2ccsc2)N2CCNCC2)c1. The highest BCUT2D eigenvalue weighted by molar-refractivity contribution is 9.10. The van der Waals surface area contributed by atoms with Crippen molar-refractivity contribution in [2.45, 2.75) is 12.2 Å². The molecule has 1 aliphatic rings. The monoisotopic (exact) mass is 404 g/mol. The van der Waals surface area contributed by atoms with Crippen LogP contribution in [-0.4, -0.2) is 31.1 Å². The summed E-state index contributed by atoms with van der Waals surface area (Å²) in [5, 5.41) is 7.26. The van der Waals surface area contributed by atoms with Crippen LogP contribution in [0.2, 0.25) is 0 Å². The van der Waals surface area contributed by atoms with E-state index < -0.39 is 11.7 Å². The predicted molar refractivity (Wildman–Crippen MR) is 89.7 cm³/mol. The molecule has 1 aliphatic heterocycles. The van der Waals surface area contributed by atoms with Gasteiger partial charge in [0, 0.05) is 30.7 Å². The second kappa shape index (κ2) is 6.93. The highest BCUT2D eigenvalue weighted by Gasteiger charge is 2.33. The number of halogens is 4. The molecule has 1 aromatic heterocycles. The smallest absolute Gasteiger partial charge is 0.314 e. The Morgan fingerprint density at radius 2 is 1.91 bits per heavy atom. The van der Waals surface area contributed by atoms with Crippen LogP contribution in [0, 0.1) is 0 Å². The van der Waals surface area contributed by atoms with Crippen LogP contribution in [0.15, 0.2) is 39.5 Å². The van der Waals surface area contributed by atoms with E-state index in [-0.39, 0.29) is 6.04 Å². The van der Waals surface area contributed by atoms with E-state index in [2.05, 4.69) is 26.1 Å². The first-order valence-corrected chi connectivity index (χ1v) is 9.04. The van der Waals surface area contributed by atoms with Gasteiger partial charge in [0.1, 0.15) is 0 Å². The Morgan fingerprint density at radius 1 is 1.17 bits per heavy atom. The molecule has 1 saturated heterocycles. The van der Waals surface area contributed by atoms with Crippen molar-refractivity contribution in [1.82, 2.24) is 10.2 Å². The van der Waals surface area contributed by atoms with Gasteiger partial charge in [0.05, 0.1) is 11.6 Å². The zero-order valence-corrected chi connectivity index (χ0v) is 14.6. The number of hydrogen-bond donors (Lipinski definition) is 1. The van der Waals surface area contributed by atoms with Gasteiger partial charge in [0.2, 0.25) is 0 Å². The van der Waals surface area contributed by atoms with Crippen LogP contribution in [-0.2, 0) is 6.18 Å². The van der Waals surface area contributed by atoms with Crippen LogP contribution < -0.4 is 5.32 Å². The van der Waals surface area contributed by atoms with E-state index in [0.29, 0.717) is 10.0 Å². The molecule has 23 heavy (non-hydrogen) atoms. The number of nitrogens with one attached hydrogen (secondary N) is 1. The van der Waals surface area contributed by atoms with Crippen LogP contribution in [0.5, 0.6) is 0 Å². The van der Waals surface area contributed by atoms with Gasteiger partial charge in [-0.2, -0.15) is 24.5 Å². The summed E-state index contributed by atoms with van der Waals surface area (Å²) >= 11 is 5.01. The van der Waals surface area contributed by atoms with Gasteiger partial charge in [-0.25, -0.2) is 0 Å². The van der Waals surface area contributed by atoms with Gasteiger partial charge in [-0.15, -0.1) is 0 Å². The molecule has 0 unspecified atom stereocenters. The molecule has 0 aliphatic carbocycles. The van der Waals surface area contributed by atoms with E-state index in [0.717, 1.165) is 37.8 Å². The Morgan fingerprint density at radius 3 is 2.52 bits per heavy atom. The minimum absolute atomic E-state index is 0.167. The molecule has 0 radical (unpaired) electrons. The number of piperazine rings is 1. The van der Waals surface area contributed by atoms with Gasteiger partial charge >= 0.3 is 6.18 Å². The summed E-state index contributed by atoms with van der Waals surface area (Å²) in [6.07, 6.45) is -4.34. The lowest BCUT2D eigenvalue weighted by molar-refractivity contribution is -0.137. The third-order valence-electron chi connectivity index (χ3n) is 3.99. The highest BCUT2D eigenvalue weighted by Crippen LogP contribution is 2.38. The zero-order chi connectivity index (χ0) is 16.4. The molecule has 7 heteroatoms. The molecule has 124 valence electrons. The average Bonchev–Trinajstić information content (AvgIpc) is 3.03. The van der Waals surface area contributed by atoms with Crippen molar-refractivity contribution in [2.24, 2.45) is 0 Å². The number of hydrogen-bond acceptors (Lipinski definition) is 3. The fraction of sp³-hybridized carbons (Fsp3) is 0.375. The lowest BCUT2D eigenvalue weighted by Gasteiger charge is -2.35. The normalized spacial score (nSPS) is 18.1. The van der Waals surface area contributed by atoms with Gasteiger partial charge in [-0.1, -0.05) is 15.9 Å². The molecule has 1 aromatic carbocycles. The Kier molecular flexibility index (Phi) is 5.10. The van der Waals surface area contributed by atoms with Gasteiger partial charge in [0.15, 0.2) is 0 Å². The number of rotatable bonds is 3. The third kappa shape index (κ3) is 3.79. The Hall–Kier alpha value is -0.890. The maximum atomic E-state index is 13.1. The largest absolute Gasteiger partial charge is 0.416 e. The van der Waals surface area contributed by atoms with Gasteiger partial charge in [0.25, 0.3) is 0 Å². The molecule has 1 atom stereocenters. The van der Waals surface area contributed by atoms with Crippen molar-refractivity contribution in [3.05, 3.63) is 56.2 Å². The fourth-order valence-corrected chi connectivity index (χ4v) is 4.03. The number of benzene rings is 1. The Labute approximate surface area is 145 Å². The van der Waals surface area contributed by atoms with Gasteiger partial charge in [-0.3, -0.25) is 4.90 Å². The second-order valence-corrected chi connectivity index (χ2v) is 7.11. The summed E-state index contributed by atoms with van der Waals surface area (Å²) in [5.41, 5.74) is 1.10. The first-order valence-electron chi connectivity index (χ1n) is 7.30. The quantitative estimate of drug-likeness (QED) is 0.808. The lowest BCUT2D eigenvalue weighted by Crippen LogP contribution is -2.45. The standard InChI is InChI=1S/C16H16BrF3N2S/c17-14-2-1-12(16(18,19)20)9-13(14)15(11-3-8-23-10-11)22-6-4-21-5-7-22/h1-3,8-10,15,21H,4-7H2/t15-/m1/s1. The fourth-order valence-electron chi connectivity index (χ4n) is 2.89. The molecular weight excluding hydrogens is 389 g/mol. The van der Waals surface area contributed by atoms with Crippen LogP contribution in [0.25, 0.3) is 0 Å². The number of nitrogens with zero attached hydrogens (tertiary/aromatic N) is 1. The van der Waals surface area contributed by atoms with E-state index in [1.165, 1.54) is 12.1 Å². The molecule has 1 N–H and O–H groups in total. The second-order valence-electron chi connectivity index (χ2n) is 5.48. The maximum absolute atomic E-state index is 13.1. The molecule has 0 amide bonds. The van der Waals surface area contributed by atoms with Crippen LogP contribution in [0.4, 0.5) is 13.2 Å². The molecule has 1 fully saturated rings. The number of alkyl halides is 3. The van der Waals surface area contributed by atoms with Crippen molar-refractivity contribution < 1.29 is 13.2 Å². The van der Waals surface area contributed by atoms with Crippen LogP contribution in [0.1, 0.15) is 22.7 Å². The Bertz CT molecular complexity index is 652. The molecular formula is C16H16BrF3N2S. The van der Waals surface area contributed by atoms with E-state index in [4.69, 9.17) is 0 Å². The summed E-state index contributed by atoms with van der Waals surface area (Å²) in [6, 6.07) is 5.72. The lowest BCUT2D eigenvalue weighted by atomic mass is 9.97. The first-order chi connectivity index (χ1) is 11.0. The molecule has 2 nitrogen and oxygen atoms in total. The molecule has 3 rings (SSSR count). The van der Waals surface area contributed by atoms with Crippen molar-refractivity contribution in [2.75, 3.05) is 26.2 Å². The molecule has 2 heterocycles. The minimum atomic E-state index is -4.34. The maximum Gasteiger partial charge on any atom is 0.416 e. The summed E-state index contributed by atoms with van der Waals surface area (Å²) < 4.78 is 40.0. The van der Waals surface area contributed by atoms with E-state index >= 15 is 0 Å². The Balaban J connectivity index is 2.06. The zero-order valence-electron chi connectivity index (χ0n) is 12.2. The van der Waals surface area contributed by atoms with E-state index in [1.54, 1.807) is 11.3 Å². The molecule has 2 aromatic rings. The molecule has 0 saturated carbocycles. The van der Waals surface area contributed by atoms with E-state index in [1.807, 2.05) is 16.8 Å². The molecule has 0 spiro atoms. The number of thiophene rings is 1. The predicted octanol–water partition coefficient (Wildman–Crippen LogP) is 4.52. The minimum Gasteiger partial charge on any atom is -0.314 e. The van der Waals surface area contributed by atoms with Gasteiger partial charge in [-0.05, 0) is 46.2 Å². The summed E-state index contributed by atoms with van der Waals surface area (Å²) in [6.45, 7) is 3.31. The van der Waals surface area contributed by atoms with Crippen molar-refractivity contribution in [1.29, 1.82) is 0 Å². The van der Waals surface area contributed by atoms with Crippen LogP contribution >= 0.6 is 27.3 Å². The average molecular weight is 405 g/mol. The van der Waals surface area contributed by atoms with Crippen molar-refractivity contribution in [3.8, 4) is 0 Å². The summed E-state index contributed by atoms with van der Waals surface area (Å²) in [7, 11) is 0. The van der Waals surface area contributed by atoms with Crippen LogP contribution in [0.3, 0.4) is 0 Å². The first kappa shape index (κ1) is 17.0. The van der Waals surface area contributed by atoms with Crippen molar-refractivity contribution in [3.63, 3.8) is 0 Å². The highest BCUT2D eigenvalue weighted by atomic mass is 79.9. The van der Waals surface area contributed by atoms with Gasteiger partial charge < -0.3 is 5.32 Å².